The van der Waals surface area contributed by atoms with Gasteiger partial charge in [0.2, 0.25) is 17.7 Å². The van der Waals surface area contributed by atoms with Gasteiger partial charge in [-0.1, -0.05) is 168 Å². The highest BCUT2D eigenvalue weighted by atomic mass is 35.5. The first-order valence-corrected chi connectivity index (χ1v) is 22.5. The monoisotopic (exact) mass is 755 g/mol. The maximum Gasteiger partial charge on any atom is 0.226 e. The number of hydrogen-bond acceptors (Lipinski definition) is 3. The van der Waals surface area contributed by atoms with Crippen molar-refractivity contribution < 1.29 is 31.3 Å². The van der Waals surface area contributed by atoms with E-state index in [4.69, 9.17) is 0 Å². The van der Waals surface area contributed by atoms with Crippen LogP contribution in [0.4, 0.5) is 0 Å². The number of carbonyl (C=O) groups excluding carboxylic acids is 3. The van der Waals surface area contributed by atoms with Gasteiger partial charge in [0, 0.05) is 51.7 Å². The third-order valence-electron chi connectivity index (χ3n) is 11.1. The Morgan fingerprint density at radius 1 is 0.538 bits per heavy atom. The van der Waals surface area contributed by atoms with Crippen LogP contribution in [0, 0.1) is 0 Å². The van der Waals surface area contributed by atoms with E-state index in [0.29, 0.717) is 32.4 Å². The quantitative estimate of drug-likeness (QED) is 0.0496. The summed E-state index contributed by atoms with van der Waals surface area (Å²) in [6.45, 7) is 9.32. The van der Waals surface area contributed by atoms with E-state index in [-0.39, 0.29) is 30.1 Å². The Labute approximate surface area is 329 Å². The van der Waals surface area contributed by atoms with Crippen LogP contribution in [0.15, 0.2) is 0 Å². The van der Waals surface area contributed by atoms with Crippen molar-refractivity contribution in [1.82, 2.24) is 15.5 Å². The molecule has 0 unspecified atom stereocenters. The molecule has 1 aliphatic rings. The molecule has 1 fully saturated rings. The van der Waals surface area contributed by atoms with Gasteiger partial charge in [-0.15, -0.1) is 0 Å². The van der Waals surface area contributed by atoms with Gasteiger partial charge in [0.25, 0.3) is 0 Å². The lowest BCUT2D eigenvalue weighted by Gasteiger charge is -2.38. The molecule has 7 nitrogen and oxygen atoms in total. The summed E-state index contributed by atoms with van der Waals surface area (Å²) in [5.74, 6) is 0.609. The zero-order valence-electron chi connectivity index (χ0n) is 34.9. The van der Waals surface area contributed by atoms with Crippen molar-refractivity contribution in [1.29, 1.82) is 0 Å². The standard InChI is InChI=1S/C44H86N4O3.ClH/c1-4-6-8-10-12-14-16-18-20-22-24-26-28-33-42(49)45-36-31-39-48(3,41-47-38-30-35-44(47)51)40-32-37-46-43(50)34-29-27-25-23-21-19-17-15-13-11-9-7-5-2;/h4-41H2,1-3H3,(H-,45,46,49,50);1H. The Balaban J connectivity index is 0.0000260. The molecule has 1 saturated heterocycles. The topological polar surface area (TPSA) is 78.5 Å². The van der Waals surface area contributed by atoms with Gasteiger partial charge >= 0.3 is 0 Å². The van der Waals surface area contributed by atoms with Crippen molar-refractivity contribution in [3.05, 3.63) is 0 Å². The predicted molar refractivity (Wildman–Crippen MR) is 218 cm³/mol. The van der Waals surface area contributed by atoms with E-state index in [9.17, 15) is 14.4 Å². The summed E-state index contributed by atoms with van der Waals surface area (Å²) in [5.41, 5.74) is 0. The highest BCUT2D eigenvalue weighted by molar-refractivity contribution is 5.78. The number of amides is 3. The van der Waals surface area contributed by atoms with Crippen LogP contribution in [-0.2, 0) is 14.4 Å². The lowest BCUT2D eigenvalue weighted by molar-refractivity contribution is -0.917. The van der Waals surface area contributed by atoms with Crippen molar-refractivity contribution in [2.75, 3.05) is 46.4 Å². The van der Waals surface area contributed by atoms with Crippen LogP contribution in [0.3, 0.4) is 0 Å². The number of likely N-dealkylation sites (tertiary alicyclic amines) is 1. The number of hydrogen-bond donors (Lipinski definition) is 2. The molecule has 0 aromatic heterocycles. The van der Waals surface area contributed by atoms with Crippen molar-refractivity contribution in [2.24, 2.45) is 0 Å². The fourth-order valence-corrected chi connectivity index (χ4v) is 7.68. The lowest BCUT2D eigenvalue weighted by Crippen LogP contribution is -3.00. The molecule has 0 spiro atoms. The van der Waals surface area contributed by atoms with Crippen molar-refractivity contribution in [2.45, 2.75) is 219 Å². The normalized spacial score (nSPS) is 13.1. The van der Waals surface area contributed by atoms with Gasteiger partial charge in [-0.05, 0) is 19.3 Å². The minimum absolute atomic E-state index is 0. The summed E-state index contributed by atoms with van der Waals surface area (Å²) in [7, 11) is 2.23. The van der Waals surface area contributed by atoms with E-state index in [0.717, 1.165) is 75.7 Å². The number of nitrogens with one attached hydrogen (secondary N) is 2. The van der Waals surface area contributed by atoms with E-state index in [1.54, 1.807) is 0 Å². The Hall–Kier alpha value is -1.34. The van der Waals surface area contributed by atoms with E-state index < -0.39 is 0 Å². The summed E-state index contributed by atoms with van der Waals surface area (Å²) < 4.78 is 0.773. The highest BCUT2D eigenvalue weighted by Crippen LogP contribution is 2.17. The Morgan fingerprint density at radius 3 is 1.17 bits per heavy atom. The first-order valence-electron chi connectivity index (χ1n) is 22.5. The average molecular weight is 756 g/mol. The minimum Gasteiger partial charge on any atom is -1.00 e. The number of rotatable bonds is 38. The number of unbranched alkanes of at least 4 members (excludes halogenated alkanes) is 24. The fraction of sp³-hybridized carbons (Fsp3) is 0.932. The van der Waals surface area contributed by atoms with Crippen molar-refractivity contribution in [3.63, 3.8) is 0 Å². The molecule has 0 radical (unpaired) electrons. The number of nitrogens with zero attached hydrogens (tertiary/aromatic N) is 2. The van der Waals surface area contributed by atoms with Crippen LogP contribution in [0.1, 0.15) is 219 Å². The maximum atomic E-state index is 12.5. The third kappa shape index (κ3) is 31.1. The lowest BCUT2D eigenvalue weighted by atomic mass is 10.0. The van der Waals surface area contributed by atoms with Gasteiger partial charge in [0.05, 0.1) is 20.1 Å². The fourth-order valence-electron chi connectivity index (χ4n) is 7.68. The van der Waals surface area contributed by atoms with E-state index in [1.165, 1.54) is 141 Å². The summed E-state index contributed by atoms with van der Waals surface area (Å²) in [4.78, 5) is 39.4. The van der Waals surface area contributed by atoms with E-state index >= 15 is 0 Å². The molecule has 2 N–H and O–H groups in total. The second kappa shape index (κ2) is 36.6. The third-order valence-corrected chi connectivity index (χ3v) is 11.1. The number of carbonyl (C=O) groups is 3. The molecule has 308 valence electrons. The van der Waals surface area contributed by atoms with Crippen molar-refractivity contribution in [3.8, 4) is 0 Å². The number of halogens is 1. The second-order valence-electron chi connectivity index (χ2n) is 16.4. The molecule has 0 bridgehead atoms. The second-order valence-corrected chi connectivity index (χ2v) is 16.4. The summed E-state index contributed by atoms with van der Waals surface area (Å²) in [6.07, 6.45) is 38.9. The highest BCUT2D eigenvalue weighted by Gasteiger charge is 2.30. The van der Waals surface area contributed by atoms with Crippen LogP contribution in [0.2, 0.25) is 0 Å². The summed E-state index contributed by atoms with van der Waals surface area (Å²) in [5, 5.41) is 6.30. The molecule has 0 aliphatic carbocycles. The summed E-state index contributed by atoms with van der Waals surface area (Å²) in [6, 6.07) is 0. The van der Waals surface area contributed by atoms with E-state index in [2.05, 4.69) is 31.5 Å². The van der Waals surface area contributed by atoms with E-state index in [1.807, 2.05) is 4.90 Å². The molecule has 1 aliphatic heterocycles. The van der Waals surface area contributed by atoms with Gasteiger partial charge < -0.3 is 27.5 Å². The van der Waals surface area contributed by atoms with Gasteiger partial charge in [0.1, 0.15) is 0 Å². The zero-order chi connectivity index (χ0) is 37.1. The molecule has 1 heterocycles. The van der Waals surface area contributed by atoms with Crippen LogP contribution >= 0.6 is 0 Å². The molecule has 0 aromatic carbocycles. The SMILES string of the molecule is CCCCCCCCCCCCCCCC(=O)NCCC[N+](C)(CCCNC(=O)CCCCCCCCCCCCCCC)CN1CCCC1=O.[Cl-]. The first kappa shape index (κ1) is 50.7. The van der Waals surface area contributed by atoms with Gasteiger partial charge in [-0.3, -0.25) is 19.3 Å². The molecule has 0 saturated carbocycles. The zero-order valence-corrected chi connectivity index (χ0v) is 35.6. The number of quaternary nitrogens is 1. The van der Waals surface area contributed by atoms with Crippen LogP contribution in [0.5, 0.6) is 0 Å². The predicted octanol–water partition coefficient (Wildman–Crippen LogP) is 7.99. The van der Waals surface area contributed by atoms with Gasteiger partial charge in [0.15, 0.2) is 6.67 Å². The molecular weight excluding hydrogens is 668 g/mol. The molecule has 52 heavy (non-hydrogen) atoms. The molecular formula is C44H87ClN4O3. The van der Waals surface area contributed by atoms with Gasteiger partial charge in [-0.25, -0.2) is 0 Å². The van der Waals surface area contributed by atoms with Gasteiger partial charge in [-0.2, -0.15) is 0 Å². The Kier molecular flexibility index (Phi) is 35.7. The maximum absolute atomic E-state index is 12.5. The molecule has 3 amide bonds. The molecule has 0 atom stereocenters. The summed E-state index contributed by atoms with van der Waals surface area (Å²) >= 11 is 0. The first-order chi connectivity index (χ1) is 24.9. The van der Waals surface area contributed by atoms with Crippen LogP contribution < -0.4 is 23.0 Å². The average Bonchev–Trinajstić information content (AvgIpc) is 3.52. The Bertz CT molecular complexity index is 792. The van der Waals surface area contributed by atoms with Crippen LogP contribution in [0.25, 0.3) is 0 Å². The largest absolute Gasteiger partial charge is 1.00 e. The molecule has 1 rings (SSSR count). The minimum atomic E-state index is 0. The smallest absolute Gasteiger partial charge is 0.226 e. The molecule has 8 heteroatoms. The Morgan fingerprint density at radius 2 is 0.865 bits per heavy atom. The van der Waals surface area contributed by atoms with Crippen molar-refractivity contribution >= 4 is 17.7 Å². The molecule has 0 aromatic rings. The van der Waals surface area contributed by atoms with Crippen LogP contribution in [-0.4, -0.2) is 73.5 Å².